The number of furan rings is 1. The molecule has 0 spiro atoms. The molecule has 1 aromatic carbocycles. The second-order valence-electron chi connectivity index (χ2n) is 5.69. The molecule has 0 radical (unpaired) electrons. The van der Waals surface area contributed by atoms with E-state index in [1.807, 2.05) is 6.92 Å². The maximum atomic E-state index is 14.0. The Morgan fingerprint density at radius 1 is 1.30 bits per heavy atom. The molecule has 3 aromatic heterocycles. The zero-order chi connectivity index (χ0) is 18.8. The monoisotopic (exact) mass is 404 g/mol. The van der Waals surface area contributed by atoms with Crippen LogP contribution in [-0.4, -0.2) is 20.3 Å². The predicted molar refractivity (Wildman–Crippen MR) is 99.9 cm³/mol. The van der Waals surface area contributed by atoms with Gasteiger partial charge in [0.15, 0.2) is 17.3 Å². The molecule has 138 valence electrons. The molecule has 1 N–H and O–H groups in total. The summed E-state index contributed by atoms with van der Waals surface area (Å²) in [6.45, 7) is 2.05. The third-order valence-electron chi connectivity index (χ3n) is 3.97. The van der Waals surface area contributed by atoms with Crippen LogP contribution < -0.4 is 0 Å². The molecular weight excluding hydrogens is 391 g/mol. The summed E-state index contributed by atoms with van der Waals surface area (Å²) in [6, 6.07) is 6.03. The van der Waals surface area contributed by atoms with Crippen LogP contribution in [0.25, 0.3) is 22.9 Å². The Kier molecular flexibility index (Phi) is 5.00. The van der Waals surface area contributed by atoms with Gasteiger partial charge in [-0.2, -0.15) is 5.10 Å². The van der Waals surface area contributed by atoms with E-state index in [4.69, 9.17) is 20.5 Å². The van der Waals surface area contributed by atoms with Gasteiger partial charge in [-0.1, -0.05) is 23.7 Å². The van der Waals surface area contributed by atoms with Crippen molar-refractivity contribution in [3.05, 3.63) is 59.0 Å². The summed E-state index contributed by atoms with van der Waals surface area (Å²) in [5.41, 5.74) is 2.02. The van der Waals surface area contributed by atoms with E-state index >= 15 is 0 Å². The van der Waals surface area contributed by atoms with Crippen LogP contribution in [0.1, 0.15) is 18.2 Å². The zero-order valence-electron chi connectivity index (χ0n) is 14.2. The normalized spacial score (nSPS) is 11.2. The number of halogens is 2. The summed E-state index contributed by atoms with van der Waals surface area (Å²) in [5.74, 6) is 1.76. The molecule has 0 saturated carbocycles. The van der Waals surface area contributed by atoms with Crippen molar-refractivity contribution in [1.29, 1.82) is 0 Å². The van der Waals surface area contributed by atoms with Crippen molar-refractivity contribution in [2.45, 2.75) is 24.0 Å². The third kappa shape index (κ3) is 3.63. The Labute approximate surface area is 163 Å². The van der Waals surface area contributed by atoms with Crippen molar-refractivity contribution in [3.63, 3.8) is 0 Å². The zero-order valence-corrected chi connectivity index (χ0v) is 15.8. The average Bonchev–Trinajstić information content (AvgIpc) is 3.41. The molecule has 0 aliphatic heterocycles. The lowest BCUT2D eigenvalue weighted by atomic mass is 10.1. The van der Waals surface area contributed by atoms with Crippen LogP contribution in [-0.2, 0) is 12.2 Å². The molecule has 0 atom stereocenters. The Morgan fingerprint density at radius 3 is 2.96 bits per heavy atom. The summed E-state index contributed by atoms with van der Waals surface area (Å²) in [5, 5.41) is 11.1. The summed E-state index contributed by atoms with van der Waals surface area (Å²) >= 11 is 7.50. The van der Waals surface area contributed by atoms with Gasteiger partial charge in [-0.15, -0.1) is 11.8 Å². The summed E-state index contributed by atoms with van der Waals surface area (Å²) < 4.78 is 24.9. The molecule has 0 saturated heterocycles. The molecule has 0 fully saturated rings. The van der Waals surface area contributed by atoms with Gasteiger partial charge in [0.25, 0.3) is 0 Å². The second-order valence-corrected chi connectivity index (χ2v) is 7.14. The van der Waals surface area contributed by atoms with Crippen molar-refractivity contribution in [1.82, 2.24) is 20.3 Å². The summed E-state index contributed by atoms with van der Waals surface area (Å²) in [6.07, 6.45) is 3.92. The van der Waals surface area contributed by atoms with Gasteiger partial charge in [0.1, 0.15) is 18.4 Å². The standard InChI is InChI=1S/C18H14ClFN4O2S/c1-2-12-16(7-25-17(12)18-21-9-22-23-18)27-8-11-6-15(26-24-11)13-5-10(19)3-4-14(13)20/h3-7,9H,2,8H2,1H3,(H,21,22,23). The molecule has 0 aliphatic rings. The summed E-state index contributed by atoms with van der Waals surface area (Å²) in [7, 11) is 0. The highest BCUT2D eigenvalue weighted by Gasteiger charge is 2.18. The van der Waals surface area contributed by atoms with E-state index < -0.39 is 5.82 Å². The number of nitrogens with one attached hydrogen (secondary N) is 1. The number of rotatable bonds is 6. The fourth-order valence-corrected chi connectivity index (χ4v) is 3.82. The van der Waals surface area contributed by atoms with E-state index in [2.05, 4.69) is 20.3 Å². The minimum atomic E-state index is -0.408. The van der Waals surface area contributed by atoms with Gasteiger partial charge in [0, 0.05) is 27.3 Å². The Morgan fingerprint density at radius 2 is 2.19 bits per heavy atom. The van der Waals surface area contributed by atoms with Gasteiger partial charge >= 0.3 is 0 Å². The SMILES string of the molecule is CCc1c(SCc2cc(-c3cc(Cl)ccc3F)on2)coc1-c1ncn[nH]1. The molecule has 9 heteroatoms. The molecule has 0 unspecified atom stereocenters. The van der Waals surface area contributed by atoms with Crippen molar-refractivity contribution in [2.24, 2.45) is 0 Å². The van der Waals surface area contributed by atoms with Crippen molar-refractivity contribution in [3.8, 4) is 22.9 Å². The molecule has 0 aliphatic carbocycles. The first-order chi connectivity index (χ1) is 13.2. The molecule has 6 nitrogen and oxygen atoms in total. The Bertz CT molecular complexity index is 1060. The smallest absolute Gasteiger partial charge is 0.191 e. The largest absolute Gasteiger partial charge is 0.460 e. The van der Waals surface area contributed by atoms with Crippen LogP contribution in [0, 0.1) is 5.82 Å². The lowest BCUT2D eigenvalue weighted by Gasteiger charge is -2.00. The highest BCUT2D eigenvalue weighted by atomic mass is 35.5. The quantitative estimate of drug-likeness (QED) is 0.435. The van der Waals surface area contributed by atoms with Crippen molar-refractivity contribution in [2.75, 3.05) is 0 Å². The van der Waals surface area contributed by atoms with Crippen LogP contribution >= 0.6 is 23.4 Å². The van der Waals surface area contributed by atoms with Crippen molar-refractivity contribution < 1.29 is 13.3 Å². The number of hydrogen-bond donors (Lipinski definition) is 1. The molecule has 4 rings (SSSR count). The first-order valence-corrected chi connectivity index (χ1v) is 9.52. The van der Waals surface area contributed by atoms with E-state index in [0.29, 0.717) is 33.8 Å². The first kappa shape index (κ1) is 17.8. The highest BCUT2D eigenvalue weighted by molar-refractivity contribution is 7.98. The van der Waals surface area contributed by atoms with E-state index in [9.17, 15) is 4.39 Å². The van der Waals surface area contributed by atoms with Gasteiger partial charge in [-0.3, -0.25) is 5.10 Å². The van der Waals surface area contributed by atoms with Crippen LogP contribution in [0.15, 0.2) is 50.7 Å². The lowest BCUT2D eigenvalue weighted by Crippen LogP contribution is -1.87. The number of nitrogens with zero attached hydrogens (tertiary/aromatic N) is 3. The molecule has 4 aromatic rings. The molecule has 0 bridgehead atoms. The predicted octanol–water partition coefficient (Wildman–Crippen LogP) is 5.37. The number of hydrogen-bond acceptors (Lipinski definition) is 6. The molecule has 0 amide bonds. The van der Waals surface area contributed by atoms with E-state index in [-0.39, 0.29) is 5.56 Å². The number of benzene rings is 1. The van der Waals surface area contributed by atoms with Gasteiger partial charge in [-0.25, -0.2) is 9.37 Å². The maximum Gasteiger partial charge on any atom is 0.191 e. The number of aromatic amines is 1. The first-order valence-electron chi connectivity index (χ1n) is 8.15. The van der Waals surface area contributed by atoms with Crippen LogP contribution in [0.2, 0.25) is 5.02 Å². The van der Waals surface area contributed by atoms with Gasteiger partial charge in [-0.05, 0) is 24.6 Å². The van der Waals surface area contributed by atoms with Gasteiger partial charge in [0.2, 0.25) is 0 Å². The summed E-state index contributed by atoms with van der Waals surface area (Å²) in [4.78, 5) is 5.12. The fourth-order valence-electron chi connectivity index (χ4n) is 2.68. The van der Waals surface area contributed by atoms with Crippen molar-refractivity contribution >= 4 is 23.4 Å². The molecular formula is C18H14ClFN4O2S. The lowest BCUT2D eigenvalue weighted by molar-refractivity contribution is 0.424. The van der Waals surface area contributed by atoms with Gasteiger partial charge in [0.05, 0.1) is 11.3 Å². The molecule has 3 heterocycles. The van der Waals surface area contributed by atoms with Gasteiger partial charge < -0.3 is 8.94 Å². The number of H-pyrrole nitrogens is 1. The minimum absolute atomic E-state index is 0.288. The van der Waals surface area contributed by atoms with E-state index in [0.717, 1.165) is 16.9 Å². The fraction of sp³-hybridized carbons (Fsp3) is 0.167. The Balaban J connectivity index is 1.52. The van der Waals surface area contributed by atoms with Crippen LogP contribution in [0.4, 0.5) is 4.39 Å². The van der Waals surface area contributed by atoms with Crippen LogP contribution in [0.3, 0.4) is 0 Å². The third-order valence-corrected chi connectivity index (χ3v) is 5.30. The maximum absolute atomic E-state index is 14.0. The second kappa shape index (κ2) is 7.58. The topological polar surface area (TPSA) is 80.7 Å². The van der Waals surface area contributed by atoms with E-state index in [1.54, 1.807) is 24.1 Å². The highest BCUT2D eigenvalue weighted by Crippen LogP contribution is 2.35. The number of thioether (sulfide) groups is 1. The number of aromatic nitrogens is 4. The minimum Gasteiger partial charge on any atom is -0.460 e. The molecule has 27 heavy (non-hydrogen) atoms. The Hall–Kier alpha value is -2.58. The average molecular weight is 405 g/mol. The van der Waals surface area contributed by atoms with Crippen LogP contribution in [0.5, 0.6) is 0 Å². The van der Waals surface area contributed by atoms with E-state index in [1.165, 1.54) is 24.5 Å².